The van der Waals surface area contributed by atoms with Crippen LogP contribution in [0.2, 0.25) is 0 Å². The summed E-state index contributed by atoms with van der Waals surface area (Å²) in [4.78, 5) is 33.9. The number of hydrogen-bond acceptors (Lipinski definition) is 12. The molecule has 12 heteroatoms. The predicted octanol–water partition coefficient (Wildman–Crippen LogP) is 4.10. The number of rotatable bonds is 17. The van der Waals surface area contributed by atoms with Crippen molar-refractivity contribution in [3.63, 3.8) is 0 Å². The van der Waals surface area contributed by atoms with Crippen LogP contribution in [0.4, 0.5) is 0 Å². The summed E-state index contributed by atoms with van der Waals surface area (Å²) in [7, 11) is 6.41. The fourth-order valence-electron chi connectivity index (χ4n) is 4.41. The summed E-state index contributed by atoms with van der Waals surface area (Å²) in [5, 5.41) is 6.59. The zero-order valence-electron chi connectivity index (χ0n) is 26.3. The Labute approximate surface area is 268 Å². The lowest BCUT2D eigenvalue weighted by molar-refractivity contribution is 0.0258. The van der Waals surface area contributed by atoms with Crippen LogP contribution in [0.25, 0.3) is 0 Å². The lowest BCUT2D eigenvalue weighted by Gasteiger charge is -2.10. The minimum Gasteiger partial charge on any atom is -0.497 e. The van der Waals surface area contributed by atoms with E-state index < -0.39 is 11.9 Å². The molecule has 4 aromatic rings. The van der Waals surface area contributed by atoms with Gasteiger partial charge in [0.15, 0.2) is 0 Å². The Bertz CT molecular complexity index is 1450. The third-order valence-electron chi connectivity index (χ3n) is 6.67. The highest BCUT2D eigenvalue weighted by Crippen LogP contribution is 2.23. The van der Waals surface area contributed by atoms with Gasteiger partial charge >= 0.3 is 11.9 Å². The van der Waals surface area contributed by atoms with Gasteiger partial charge in [-0.05, 0) is 59.7 Å². The van der Waals surface area contributed by atoms with Gasteiger partial charge < -0.3 is 39.1 Å². The molecule has 12 nitrogen and oxygen atoms in total. The van der Waals surface area contributed by atoms with Gasteiger partial charge in [0.1, 0.15) is 47.6 Å². The number of pyridine rings is 2. The summed E-state index contributed by atoms with van der Waals surface area (Å²) in [6.45, 7) is 1.69. The van der Waals surface area contributed by atoms with Crippen LogP contribution in [-0.4, -0.2) is 63.6 Å². The molecule has 0 saturated carbocycles. The second kappa shape index (κ2) is 17.3. The molecule has 0 spiro atoms. The number of hydrogen-bond donors (Lipinski definition) is 2. The van der Waals surface area contributed by atoms with E-state index in [0.29, 0.717) is 60.6 Å². The molecule has 0 fully saturated rings. The molecule has 0 aliphatic heterocycles. The molecule has 2 N–H and O–H groups in total. The van der Waals surface area contributed by atoms with Gasteiger partial charge in [0.2, 0.25) is 0 Å². The normalized spacial score (nSPS) is 10.6. The highest BCUT2D eigenvalue weighted by Gasteiger charge is 2.13. The highest BCUT2D eigenvalue weighted by molar-refractivity contribution is 5.88. The van der Waals surface area contributed by atoms with Crippen LogP contribution in [0.5, 0.6) is 23.0 Å². The van der Waals surface area contributed by atoms with E-state index in [4.69, 9.17) is 28.4 Å². The molecule has 0 saturated heterocycles. The number of nitrogens with one attached hydrogen (secondary N) is 2. The lowest BCUT2D eigenvalue weighted by Crippen LogP contribution is -2.18. The molecule has 0 radical (unpaired) electrons. The standard InChI is InChI=1S/C34H38N4O8/c1-41-27-13-23(14-28(17-27)42-2)19-35-21-25-7-5-9-31(37-25)33(39)45-11-12-46-34(40)32-10-6-8-26(38-32)22-36-20-24-15-29(43-3)18-30(16-24)44-4/h5-10,13-18,35-36H,11-12,19-22H2,1-4H3. The summed E-state index contributed by atoms with van der Waals surface area (Å²) in [5.74, 6) is 1.57. The van der Waals surface area contributed by atoms with E-state index in [0.717, 1.165) is 11.1 Å². The van der Waals surface area contributed by atoms with Crippen molar-refractivity contribution in [2.24, 2.45) is 0 Å². The third-order valence-corrected chi connectivity index (χ3v) is 6.67. The number of benzene rings is 2. The van der Waals surface area contributed by atoms with Crippen molar-refractivity contribution < 1.29 is 38.0 Å². The largest absolute Gasteiger partial charge is 0.497 e. The first-order chi connectivity index (χ1) is 22.4. The fraction of sp³-hybridized carbons (Fsp3) is 0.294. The smallest absolute Gasteiger partial charge is 0.357 e. The maximum absolute atomic E-state index is 12.6. The summed E-state index contributed by atoms with van der Waals surface area (Å²) >= 11 is 0. The second-order valence-electron chi connectivity index (χ2n) is 9.95. The van der Waals surface area contributed by atoms with E-state index in [1.54, 1.807) is 64.8 Å². The van der Waals surface area contributed by atoms with E-state index in [2.05, 4.69) is 20.6 Å². The maximum Gasteiger partial charge on any atom is 0.357 e. The van der Waals surface area contributed by atoms with E-state index >= 15 is 0 Å². The van der Waals surface area contributed by atoms with Crippen molar-refractivity contribution >= 4 is 11.9 Å². The van der Waals surface area contributed by atoms with Crippen molar-refractivity contribution in [1.82, 2.24) is 20.6 Å². The van der Waals surface area contributed by atoms with Crippen LogP contribution < -0.4 is 29.6 Å². The van der Waals surface area contributed by atoms with Gasteiger partial charge in [0.05, 0.1) is 39.8 Å². The summed E-state index contributed by atoms with van der Waals surface area (Å²) in [5.41, 5.74) is 3.60. The Morgan fingerprint density at radius 3 is 1.26 bits per heavy atom. The molecule has 46 heavy (non-hydrogen) atoms. The Morgan fingerprint density at radius 2 is 0.913 bits per heavy atom. The molecule has 2 aromatic heterocycles. The predicted molar refractivity (Wildman–Crippen MR) is 169 cm³/mol. The van der Waals surface area contributed by atoms with Crippen LogP contribution in [-0.2, 0) is 35.7 Å². The van der Waals surface area contributed by atoms with E-state index in [1.807, 2.05) is 36.4 Å². The molecule has 0 aliphatic carbocycles. The minimum absolute atomic E-state index is 0.127. The van der Waals surface area contributed by atoms with Gasteiger partial charge in [0.25, 0.3) is 0 Å². The molecule has 242 valence electrons. The maximum atomic E-state index is 12.6. The average molecular weight is 631 g/mol. The first-order valence-corrected chi connectivity index (χ1v) is 14.5. The van der Waals surface area contributed by atoms with E-state index in [-0.39, 0.29) is 24.6 Å². The molecule has 2 heterocycles. The van der Waals surface area contributed by atoms with Crippen LogP contribution in [0.15, 0.2) is 72.8 Å². The SMILES string of the molecule is COc1cc(CNCc2cccc(C(=O)OCCOC(=O)c3cccc(CNCc4cc(OC)cc(OC)c4)n3)n2)cc(OC)c1. The number of carbonyl (C=O) groups excluding carboxylic acids is 2. The number of methoxy groups -OCH3 is 4. The van der Waals surface area contributed by atoms with E-state index in [1.165, 1.54) is 0 Å². The number of aromatic nitrogens is 2. The van der Waals surface area contributed by atoms with Gasteiger partial charge in [-0.25, -0.2) is 19.6 Å². The summed E-state index contributed by atoms with van der Waals surface area (Å²) < 4.78 is 31.8. The fourth-order valence-corrected chi connectivity index (χ4v) is 4.41. The zero-order chi connectivity index (χ0) is 32.7. The monoisotopic (exact) mass is 630 g/mol. The van der Waals surface area contributed by atoms with Gasteiger partial charge in [0, 0.05) is 38.3 Å². The Morgan fingerprint density at radius 1 is 0.543 bits per heavy atom. The molecule has 2 aromatic carbocycles. The number of nitrogens with zero attached hydrogens (tertiary/aromatic N) is 2. The molecular weight excluding hydrogens is 592 g/mol. The van der Waals surface area contributed by atoms with Crippen LogP contribution in [0.3, 0.4) is 0 Å². The van der Waals surface area contributed by atoms with Crippen molar-refractivity contribution in [3.8, 4) is 23.0 Å². The third kappa shape index (κ3) is 10.2. The minimum atomic E-state index is -0.615. The lowest BCUT2D eigenvalue weighted by atomic mass is 10.2. The van der Waals surface area contributed by atoms with Crippen molar-refractivity contribution in [3.05, 3.63) is 107 Å². The highest BCUT2D eigenvalue weighted by atomic mass is 16.6. The van der Waals surface area contributed by atoms with Gasteiger partial charge in [-0.3, -0.25) is 0 Å². The molecule has 0 bridgehead atoms. The van der Waals surface area contributed by atoms with Crippen LogP contribution >= 0.6 is 0 Å². The van der Waals surface area contributed by atoms with Gasteiger partial charge in [-0.1, -0.05) is 12.1 Å². The Balaban J connectivity index is 1.19. The molecule has 0 aliphatic rings. The first kappa shape index (κ1) is 33.7. The Hall–Kier alpha value is -5.20. The average Bonchev–Trinajstić information content (AvgIpc) is 3.09. The van der Waals surface area contributed by atoms with Gasteiger partial charge in [-0.15, -0.1) is 0 Å². The molecule has 0 atom stereocenters. The Kier molecular flexibility index (Phi) is 12.7. The second-order valence-corrected chi connectivity index (χ2v) is 9.95. The molecule has 4 rings (SSSR count). The van der Waals surface area contributed by atoms with Crippen molar-refractivity contribution in [1.29, 1.82) is 0 Å². The topological polar surface area (TPSA) is 139 Å². The van der Waals surface area contributed by atoms with Crippen molar-refractivity contribution in [2.45, 2.75) is 26.2 Å². The molecule has 0 amide bonds. The van der Waals surface area contributed by atoms with Gasteiger partial charge in [-0.2, -0.15) is 0 Å². The van der Waals surface area contributed by atoms with E-state index in [9.17, 15) is 9.59 Å². The number of carbonyl (C=O) groups is 2. The summed E-state index contributed by atoms with van der Waals surface area (Å²) in [6.07, 6.45) is 0. The number of esters is 2. The van der Waals surface area contributed by atoms with Crippen molar-refractivity contribution in [2.75, 3.05) is 41.7 Å². The number of ether oxygens (including phenoxy) is 6. The quantitative estimate of drug-likeness (QED) is 0.128. The van der Waals surface area contributed by atoms with Crippen LogP contribution in [0, 0.1) is 0 Å². The zero-order valence-corrected chi connectivity index (χ0v) is 26.3. The van der Waals surface area contributed by atoms with Crippen LogP contribution in [0.1, 0.15) is 43.5 Å². The first-order valence-electron chi connectivity index (χ1n) is 14.5. The molecular formula is C34H38N4O8. The molecule has 0 unspecified atom stereocenters. The summed E-state index contributed by atoms with van der Waals surface area (Å²) in [6, 6.07) is 21.5.